The summed E-state index contributed by atoms with van der Waals surface area (Å²) in [5.41, 5.74) is 0. The maximum absolute atomic E-state index is 13.1. The fourth-order valence-electron chi connectivity index (χ4n) is 12.3. The molecule has 0 aromatic heterocycles. The van der Waals surface area contributed by atoms with Gasteiger partial charge in [0.2, 0.25) is 0 Å². The molecule has 5 atom stereocenters. The summed E-state index contributed by atoms with van der Waals surface area (Å²) < 4.78 is 68.7. The topological polar surface area (TPSA) is 237 Å². The number of hydrogen-bond acceptors (Lipinski definition) is 15. The minimum absolute atomic E-state index is 0.0860. The Kier molecular flexibility index (Phi) is 73.9. The number of carbonyl (C=O) groups excluding carboxylic acids is 4. The molecule has 0 rings (SSSR count). The summed E-state index contributed by atoms with van der Waals surface area (Å²) in [6.45, 7) is 4.97. The van der Waals surface area contributed by atoms with Gasteiger partial charge in [-0.25, -0.2) is 9.13 Å². The van der Waals surface area contributed by atoms with Gasteiger partial charge in [-0.05, 0) is 51.4 Å². The molecule has 0 aliphatic carbocycles. The highest BCUT2D eigenvalue weighted by molar-refractivity contribution is 7.47. The van der Waals surface area contributed by atoms with Gasteiger partial charge < -0.3 is 33.8 Å². The quantitative estimate of drug-likeness (QED) is 0.0169. The molecular formula is C82H156O17P2. The molecule has 3 N–H and O–H groups in total. The zero-order valence-electron chi connectivity index (χ0n) is 65.4. The lowest BCUT2D eigenvalue weighted by Crippen LogP contribution is -2.30. The molecule has 0 saturated heterocycles. The van der Waals surface area contributed by atoms with Crippen molar-refractivity contribution in [1.29, 1.82) is 0 Å². The predicted octanol–water partition coefficient (Wildman–Crippen LogP) is 24.5. The Bertz CT molecular complexity index is 2010. The maximum atomic E-state index is 13.1. The van der Waals surface area contributed by atoms with Crippen molar-refractivity contribution in [3.05, 3.63) is 24.3 Å². The van der Waals surface area contributed by atoms with E-state index in [0.29, 0.717) is 25.7 Å². The minimum atomic E-state index is -4.97. The van der Waals surface area contributed by atoms with E-state index in [4.69, 9.17) is 37.0 Å². The van der Waals surface area contributed by atoms with Gasteiger partial charge in [-0.2, -0.15) is 0 Å². The SMILES string of the molecule is CCCCCC/C=C\C=C/CCCCCCCC(=O)O[C@H](COC(=O)CCCCCCCCCCCCCC)COP(=O)(O)OC[C@H](O)COP(=O)(O)OC[C@@H](COC(=O)CCCCCCCCCCCCCCCCCC)OC(=O)CCCCCCCCCCCCCCCCCCCC. The number of unbranched alkanes of at least 4 members (excludes halogenated alkanes) is 52. The normalized spacial score (nSPS) is 13.9. The van der Waals surface area contributed by atoms with Crippen LogP contribution in [0.2, 0.25) is 0 Å². The molecule has 101 heavy (non-hydrogen) atoms. The summed E-state index contributed by atoms with van der Waals surface area (Å²) in [4.78, 5) is 73.1. The van der Waals surface area contributed by atoms with Gasteiger partial charge in [-0.15, -0.1) is 0 Å². The van der Waals surface area contributed by atoms with E-state index in [2.05, 4.69) is 52.0 Å². The molecule has 0 aliphatic heterocycles. The van der Waals surface area contributed by atoms with Crippen LogP contribution in [0.1, 0.15) is 419 Å². The summed E-state index contributed by atoms with van der Waals surface area (Å²) in [6.07, 6.45) is 71.4. The summed E-state index contributed by atoms with van der Waals surface area (Å²) in [5.74, 6) is -2.13. The molecule has 19 heteroatoms. The Labute approximate surface area is 618 Å². The van der Waals surface area contributed by atoms with Crippen molar-refractivity contribution in [1.82, 2.24) is 0 Å². The van der Waals surface area contributed by atoms with Gasteiger partial charge in [-0.3, -0.25) is 37.3 Å². The highest BCUT2D eigenvalue weighted by atomic mass is 31.2. The van der Waals surface area contributed by atoms with Crippen LogP contribution in [0.25, 0.3) is 0 Å². The van der Waals surface area contributed by atoms with Crippen LogP contribution in [-0.4, -0.2) is 96.7 Å². The summed E-state index contributed by atoms with van der Waals surface area (Å²) in [6, 6.07) is 0. The third-order valence-corrected chi connectivity index (χ3v) is 20.6. The number of phosphoric ester groups is 2. The van der Waals surface area contributed by atoms with Gasteiger partial charge >= 0.3 is 39.5 Å². The Morgan fingerprint density at radius 1 is 0.277 bits per heavy atom. The standard InChI is InChI=1S/C82H156O17P2/c1-5-9-13-17-21-25-29-33-36-38-39-42-45-49-53-57-61-65-69-82(87)99-78(73-93-80(85)67-63-59-55-51-47-43-41-37-34-30-26-22-18-14-10-6-2)75-97-101(90,91)95-71-76(83)70-94-100(88,89)96-74-77(72-92-79(84)66-62-58-54-50-46-32-28-24-20-16-12-8-4)98-81(86)68-64-60-56-52-48-44-40-35-31-27-23-19-15-11-7-3/h27,31,35,40,76-78,83H,5-26,28-30,32-34,36-39,41-75H2,1-4H3,(H,88,89)(H,90,91)/b31-27-,40-35-/t76-,77+,78+/m0/s1. The first-order valence-electron chi connectivity index (χ1n) is 42.1. The predicted molar refractivity (Wildman–Crippen MR) is 414 cm³/mol. The molecule has 596 valence electrons. The van der Waals surface area contributed by atoms with Gasteiger partial charge in [-0.1, -0.05) is 367 Å². The fourth-order valence-corrected chi connectivity index (χ4v) is 13.9. The molecule has 0 amide bonds. The molecular weight excluding hydrogens is 1320 g/mol. The van der Waals surface area contributed by atoms with Crippen molar-refractivity contribution in [3.8, 4) is 0 Å². The van der Waals surface area contributed by atoms with E-state index in [1.807, 2.05) is 0 Å². The van der Waals surface area contributed by atoms with Crippen molar-refractivity contribution in [2.45, 2.75) is 438 Å². The number of phosphoric acid groups is 2. The lowest BCUT2D eigenvalue weighted by atomic mass is 10.0. The summed E-state index contributed by atoms with van der Waals surface area (Å²) in [7, 11) is -9.93. The van der Waals surface area contributed by atoms with Gasteiger partial charge in [0.1, 0.15) is 19.3 Å². The molecule has 0 aromatic rings. The third-order valence-electron chi connectivity index (χ3n) is 18.7. The van der Waals surface area contributed by atoms with Gasteiger partial charge in [0.15, 0.2) is 12.2 Å². The van der Waals surface area contributed by atoms with Crippen LogP contribution in [0, 0.1) is 0 Å². The molecule has 17 nitrogen and oxygen atoms in total. The van der Waals surface area contributed by atoms with Gasteiger partial charge in [0, 0.05) is 25.7 Å². The Hall–Kier alpha value is -2.46. The first-order chi connectivity index (χ1) is 49.2. The second kappa shape index (κ2) is 75.8. The highest BCUT2D eigenvalue weighted by Gasteiger charge is 2.30. The van der Waals surface area contributed by atoms with Crippen LogP contribution in [-0.2, 0) is 65.4 Å². The number of carbonyl (C=O) groups is 4. The summed E-state index contributed by atoms with van der Waals surface area (Å²) >= 11 is 0. The Balaban J connectivity index is 5.29. The van der Waals surface area contributed by atoms with E-state index in [9.17, 15) is 43.2 Å². The smallest absolute Gasteiger partial charge is 0.462 e. The molecule has 2 unspecified atom stereocenters. The van der Waals surface area contributed by atoms with E-state index in [1.165, 1.54) is 238 Å². The Morgan fingerprint density at radius 2 is 0.475 bits per heavy atom. The maximum Gasteiger partial charge on any atom is 0.472 e. The van der Waals surface area contributed by atoms with Gasteiger partial charge in [0.05, 0.1) is 26.4 Å². The average Bonchev–Trinajstić information content (AvgIpc) is 0.935. The minimum Gasteiger partial charge on any atom is -0.462 e. The molecule has 0 aliphatic rings. The lowest BCUT2D eigenvalue weighted by molar-refractivity contribution is -0.161. The van der Waals surface area contributed by atoms with Crippen molar-refractivity contribution in [3.63, 3.8) is 0 Å². The number of rotatable bonds is 81. The van der Waals surface area contributed by atoms with E-state index >= 15 is 0 Å². The number of allylic oxidation sites excluding steroid dienone is 4. The number of esters is 4. The van der Waals surface area contributed by atoms with E-state index < -0.39 is 97.5 Å². The molecule has 0 fully saturated rings. The van der Waals surface area contributed by atoms with E-state index in [-0.39, 0.29) is 25.7 Å². The number of ether oxygens (including phenoxy) is 4. The molecule has 0 radical (unpaired) electrons. The largest absolute Gasteiger partial charge is 0.472 e. The number of aliphatic hydroxyl groups excluding tert-OH is 1. The second-order valence-electron chi connectivity index (χ2n) is 28.8. The summed E-state index contributed by atoms with van der Waals surface area (Å²) in [5, 5.41) is 10.6. The Morgan fingerprint density at radius 3 is 0.723 bits per heavy atom. The fraction of sp³-hybridized carbons (Fsp3) is 0.902. The first kappa shape index (κ1) is 98.5. The van der Waals surface area contributed by atoms with Gasteiger partial charge in [0.25, 0.3) is 0 Å². The van der Waals surface area contributed by atoms with Crippen molar-refractivity contribution < 1.29 is 80.2 Å². The monoisotopic (exact) mass is 1480 g/mol. The number of aliphatic hydroxyl groups is 1. The van der Waals surface area contributed by atoms with E-state index in [0.717, 1.165) is 103 Å². The van der Waals surface area contributed by atoms with E-state index in [1.54, 1.807) is 0 Å². The molecule has 0 aromatic carbocycles. The van der Waals surface area contributed by atoms with Crippen LogP contribution in [0.15, 0.2) is 24.3 Å². The zero-order chi connectivity index (χ0) is 73.9. The molecule has 0 spiro atoms. The molecule has 0 heterocycles. The van der Waals surface area contributed by atoms with Crippen LogP contribution in [0.4, 0.5) is 0 Å². The zero-order valence-corrected chi connectivity index (χ0v) is 67.2. The van der Waals surface area contributed by atoms with Crippen molar-refractivity contribution >= 4 is 39.5 Å². The van der Waals surface area contributed by atoms with Crippen molar-refractivity contribution in [2.75, 3.05) is 39.6 Å². The average molecular weight is 1480 g/mol. The third kappa shape index (κ3) is 75.6. The highest BCUT2D eigenvalue weighted by Crippen LogP contribution is 2.45. The number of hydrogen-bond donors (Lipinski definition) is 3. The molecule has 0 bridgehead atoms. The van der Waals surface area contributed by atoms with Crippen LogP contribution in [0.3, 0.4) is 0 Å². The van der Waals surface area contributed by atoms with Crippen LogP contribution in [0.5, 0.6) is 0 Å². The second-order valence-corrected chi connectivity index (χ2v) is 31.7. The van der Waals surface area contributed by atoms with Crippen LogP contribution >= 0.6 is 15.6 Å². The molecule has 0 saturated carbocycles. The van der Waals surface area contributed by atoms with Crippen molar-refractivity contribution in [2.24, 2.45) is 0 Å². The lowest BCUT2D eigenvalue weighted by Gasteiger charge is -2.21. The first-order valence-corrected chi connectivity index (χ1v) is 45.1. The van der Waals surface area contributed by atoms with Crippen LogP contribution < -0.4 is 0 Å².